The zero-order valence-corrected chi connectivity index (χ0v) is 22.1. The summed E-state index contributed by atoms with van der Waals surface area (Å²) in [5.41, 5.74) is 2.85. The van der Waals surface area contributed by atoms with Crippen molar-refractivity contribution in [2.75, 3.05) is 51.3 Å². The van der Waals surface area contributed by atoms with Crippen molar-refractivity contribution < 1.29 is 22.1 Å². The quantitative estimate of drug-likeness (QED) is 0.439. The molecule has 0 aliphatic carbocycles. The first-order valence-corrected chi connectivity index (χ1v) is 14.1. The van der Waals surface area contributed by atoms with Crippen molar-refractivity contribution >= 4 is 15.9 Å². The highest BCUT2D eigenvalue weighted by atomic mass is 32.2. The Bertz CT molecular complexity index is 1300. The first kappa shape index (κ1) is 25.8. The molecule has 0 bridgehead atoms. The number of aromatic nitrogens is 1. The molecule has 8 nitrogen and oxygen atoms in total. The highest BCUT2D eigenvalue weighted by molar-refractivity contribution is 7.89. The highest BCUT2D eigenvalue weighted by Gasteiger charge is 2.33. The van der Waals surface area contributed by atoms with E-state index in [1.807, 2.05) is 6.92 Å². The van der Waals surface area contributed by atoms with Crippen LogP contribution in [-0.4, -0.2) is 75.3 Å². The minimum atomic E-state index is -3.85. The molecule has 5 rings (SSSR count). The lowest BCUT2D eigenvalue weighted by Crippen LogP contribution is -2.45. The molecule has 0 N–H and O–H groups in total. The molecule has 3 aromatic rings. The van der Waals surface area contributed by atoms with Gasteiger partial charge in [0.25, 0.3) is 0 Å². The number of sulfonamides is 1. The fourth-order valence-corrected chi connectivity index (χ4v) is 6.27. The lowest BCUT2D eigenvalue weighted by Gasteiger charge is -2.33. The maximum absolute atomic E-state index is 13.9. The Labute approximate surface area is 217 Å². The van der Waals surface area contributed by atoms with Gasteiger partial charge in [0, 0.05) is 51.4 Å². The minimum Gasteiger partial charge on any atom is -0.377 e. The molecule has 0 saturated carbocycles. The van der Waals surface area contributed by atoms with Crippen molar-refractivity contribution in [2.45, 2.75) is 37.3 Å². The SMILES string of the molecule is Cc1ccc(S(=O)(=O)N(Cc2c(-c3ccc(F)cc3)noc2N2CCN(C)CC2)CC2CCCO2)cc1. The number of aryl methyl sites for hydroxylation is 1. The Hall–Kier alpha value is -2.79. The molecule has 2 aliphatic rings. The third-order valence-electron chi connectivity index (χ3n) is 7.10. The minimum absolute atomic E-state index is 0.0634. The summed E-state index contributed by atoms with van der Waals surface area (Å²) in [4.78, 5) is 4.58. The molecule has 2 fully saturated rings. The van der Waals surface area contributed by atoms with Crippen LogP contribution in [0.2, 0.25) is 0 Å². The van der Waals surface area contributed by atoms with Crippen molar-refractivity contribution in [3.8, 4) is 11.3 Å². The molecule has 1 atom stereocenters. The van der Waals surface area contributed by atoms with Crippen LogP contribution in [0.4, 0.5) is 10.3 Å². The first-order chi connectivity index (χ1) is 17.8. The summed E-state index contributed by atoms with van der Waals surface area (Å²) in [6.45, 7) is 6.02. The predicted octanol–water partition coefficient (Wildman–Crippen LogP) is 3.91. The van der Waals surface area contributed by atoms with Gasteiger partial charge >= 0.3 is 0 Å². The smallest absolute Gasteiger partial charge is 0.243 e. The van der Waals surface area contributed by atoms with Gasteiger partial charge in [-0.25, -0.2) is 12.8 Å². The Kier molecular flexibility index (Phi) is 7.62. The number of anilines is 1. The van der Waals surface area contributed by atoms with Crippen LogP contribution < -0.4 is 4.90 Å². The van der Waals surface area contributed by atoms with Gasteiger partial charge in [0.05, 0.1) is 16.6 Å². The lowest BCUT2D eigenvalue weighted by molar-refractivity contribution is 0.0926. The van der Waals surface area contributed by atoms with E-state index in [9.17, 15) is 12.8 Å². The van der Waals surface area contributed by atoms with Gasteiger partial charge in [-0.1, -0.05) is 22.9 Å². The van der Waals surface area contributed by atoms with Gasteiger partial charge in [-0.2, -0.15) is 4.31 Å². The van der Waals surface area contributed by atoms with E-state index in [0.29, 0.717) is 29.3 Å². The molecule has 3 heterocycles. The van der Waals surface area contributed by atoms with Gasteiger partial charge < -0.3 is 19.1 Å². The molecular weight excluding hydrogens is 495 g/mol. The van der Waals surface area contributed by atoms with E-state index in [2.05, 4.69) is 22.0 Å². The molecule has 2 aliphatic heterocycles. The number of benzene rings is 2. The number of rotatable bonds is 8. The summed E-state index contributed by atoms with van der Waals surface area (Å²) >= 11 is 0. The van der Waals surface area contributed by atoms with Gasteiger partial charge in [0.2, 0.25) is 15.9 Å². The van der Waals surface area contributed by atoms with E-state index in [1.165, 1.54) is 16.4 Å². The average molecular weight is 529 g/mol. The third kappa shape index (κ3) is 5.72. The van der Waals surface area contributed by atoms with E-state index in [-0.39, 0.29) is 29.9 Å². The number of hydrogen-bond donors (Lipinski definition) is 0. The molecule has 0 amide bonds. The maximum Gasteiger partial charge on any atom is 0.243 e. The van der Waals surface area contributed by atoms with Crippen LogP contribution in [0.3, 0.4) is 0 Å². The van der Waals surface area contributed by atoms with Crippen LogP contribution in [0.25, 0.3) is 11.3 Å². The van der Waals surface area contributed by atoms with Crippen molar-refractivity contribution in [3.05, 3.63) is 65.5 Å². The number of piperazine rings is 1. The van der Waals surface area contributed by atoms with Crippen molar-refractivity contribution in [1.82, 2.24) is 14.4 Å². The number of ether oxygens (including phenoxy) is 1. The molecule has 1 aromatic heterocycles. The Balaban J connectivity index is 1.56. The van der Waals surface area contributed by atoms with Crippen LogP contribution in [0.1, 0.15) is 24.0 Å². The Morgan fingerprint density at radius 2 is 1.76 bits per heavy atom. The Morgan fingerprint density at radius 1 is 1.05 bits per heavy atom. The first-order valence-electron chi connectivity index (χ1n) is 12.7. The van der Waals surface area contributed by atoms with E-state index in [0.717, 1.165) is 44.6 Å². The average Bonchev–Trinajstić information content (AvgIpc) is 3.55. The summed E-state index contributed by atoms with van der Waals surface area (Å²) in [7, 11) is -1.78. The Morgan fingerprint density at radius 3 is 2.41 bits per heavy atom. The summed E-state index contributed by atoms with van der Waals surface area (Å²) in [5, 5.41) is 4.36. The summed E-state index contributed by atoms with van der Waals surface area (Å²) in [6.07, 6.45) is 1.53. The number of hydrogen-bond acceptors (Lipinski definition) is 7. The largest absolute Gasteiger partial charge is 0.377 e. The molecule has 198 valence electrons. The fraction of sp³-hybridized carbons (Fsp3) is 0.444. The predicted molar refractivity (Wildman–Crippen MR) is 139 cm³/mol. The van der Waals surface area contributed by atoms with Crippen molar-refractivity contribution in [1.29, 1.82) is 0 Å². The molecule has 2 saturated heterocycles. The maximum atomic E-state index is 13.9. The van der Waals surface area contributed by atoms with E-state index >= 15 is 0 Å². The molecular formula is C27H33FN4O4S. The van der Waals surface area contributed by atoms with Gasteiger partial charge in [-0.3, -0.25) is 0 Å². The third-order valence-corrected chi connectivity index (χ3v) is 8.93. The standard InChI is InChI=1S/C27H33FN4O4S/c1-20-5-11-24(12-6-20)37(33,34)32(18-23-4-3-17-35-23)19-25-26(21-7-9-22(28)10-8-21)29-36-27(25)31-15-13-30(2)14-16-31/h5-12,23H,3-4,13-19H2,1-2H3. The molecule has 10 heteroatoms. The van der Waals surface area contributed by atoms with Gasteiger partial charge in [0.15, 0.2) is 0 Å². The van der Waals surface area contributed by atoms with Crippen LogP contribution in [0.5, 0.6) is 0 Å². The summed E-state index contributed by atoms with van der Waals surface area (Å²) in [6, 6.07) is 12.9. The van der Waals surface area contributed by atoms with Crippen LogP contribution >= 0.6 is 0 Å². The molecule has 0 radical (unpaired) electrons. The van der Waals surface area contributed by atoms with Crippen molar-refractivity contribution in [3.63, 3.8) is 0 Å². The van der Waals surface area contributed by atoms with Gasteiger partial charge in [-0.15, -0.1) is 0 Å². The van der Waals surface area contributed by atoms with E-state index < -0.39 is 10.0 Å². The second-order valence-electron chi connectivity index (χ2n) is 9.86. The number of nitrogens with zero attached hydrogens (tertiary/aromatic N) is 4. The van der Waals surface area contributed by atoms with E-state index in [1.54, 1.807) is 36.4 Å². The van der Waals surface area contributed by atoms with E-state index in [4.69, 9.17) is 9.26 Å². The summed E-state index contributed by atoms with van der Waals surface area (Å²) in [5.74, 6) is 0.207. The zero-order chi connectivity index (χ0) is 26.0. The molecule has 37 heavy (non-hydrogen) atoms. The highest BCUT2D eigenvalue weighted by Crippen LogP contribution is 2.35. The second-order valence-corrected chi connectivity index (χ2v) is 11.8. The molecule has 1 unspecified atom stereocenters. The molecule has 2 aromatic carbocycles. The normalized spacial score (nSPS) is 19.1. The zero-order valence-electron chi connectivity index (χ0n) is 21.3. The van der Waals surface area contributed by atoms with Crippen LogP contribution in [-0.2, 0) is 21.3 Å². The monoisotopic (exact) mass is 528 g/mol. The number of likely N-dealkylation sites (N-methyl/N-ethyl adjacent to an activating group) is 1. The van der Waals surface area contributed by atoms with Gasteiger partial charge in [0.1, 0.15) is 11.5 Å². The molecule has 0 spiro atoms. The van der Waals surface area contributed by atoms with Crippen LogP contribution in [0.15, 0.2) is 57.9 Å². The van der Waals surface area contributed by atoms with Gasteiger partial charge in [-0.05, 0) is 63.2 Å². The summed E-state index contributed by atoms with van der Waals surface area (Å²) < 4.78 is 54.7. The lowest BCUT2D eigenvalue weighted by atomic mass is 10.1. The van der Waals surface area contributed by atoms with Crippen LogP contribution in [0, 0.1) is 12.7 Å². The number of halogens is 1. The topological polar surface area (TPSA) is 79.1 Å². The van der Waals surface area contributed by atoms with Crippen molar-refractivity contribution in [2.24, 2.45) is 0 Å². The fourth-order valence-electron chi connectivity index (χ4n) is 4.83. The second kappa shape index (κ2) is 10.9.